The number of aliphatic hydroxyl groups excluding tert-OH is 1. The molecule has 1 atom stereocenters. The lowest BCUT2D eigenvalue weighted by atomic mass is 10.0. The summed E-state index contributed by atoms with van der Waals surface area (Å²) in [6.45, 7) is 1.79. The molecular formula is C30H46O8. The molecule has 0 saturated heterocycles. The Hall–Kier alpha value is -2.87. The maximum Gasteiger partial charge on any atom is 0.339 e. The highest BCUT2D eigenvalue weighted by Gasteiger charge is 2.21. The number of carbonyl (C=O) groups excluding carboxylic acids is 1. The van der Waals surface area contributed by atoms with Crippen molar-refractivity contribution in [3.8, 4) is 0 Å². The van der Waals surface area contributed by atoms with Gasteiger partial charge >= 0.3 is 17.9 Å². The van der Waals surface area contributed by atoms with Crippen LogP contribution in [0.25, 0.3) is 0 Å². The van der Waals surface area contributed by atoms with Crippen molar-refractivity contribution in [3.63, 3.8) is 0 Å². The van der Waals surface area contributed by atoms with E-state index in [0.717, 1.165) is 31.0 Å². The quantitative estimate of drug-likeness (QED) is 0.0777. The molecule has 1 aromatic rings. The van der Waals surface area contributed by atoms with E-state index in [1.807, 2.05) is 6.08 Å². The van der Waals surface area contributed by atoms with E-state index in [4.69, 9.17) is 14.6 Å². The van der Waals surface area contributed by atoms with Crippen LogP contribution in [0.15, 0.2) is 30.5 Å². The van der Waals surface area contributed by atoms with Crippen LogP contribution in [0.5, 0.6) is 0 Å². The third kappa shape index (κ3) is 15.4. The van der Waals surface area contributed by atoms with Crippen LogP contribution in [0.3, 0.4) is 0 Å². The van der Waals surface area contributed by atoms with Crippen LogP contribution in [0.4, 0.5) is 0 Å². The number of carboxylic acid groups (broad SMARTS) is 2. The van der Waals surface area contributed by atoms with E-state index >= 15 is 0 Å². The monoisotopic (exact) mass is 534 g/mol. The van der Waals surface area contributed by atoms with Crippen LogP contribution >= 0.6 is 0 Å². The molecule has 214 valence electrons. The predicted molar refractivity (Wildman–Crippen MR) is 147 cm³/mol. The summed E-state index contributed by atoms with van der Waals surface area (Å²) in [6, 6.07) is 3.09. The smallest absolute Gasteiger partial charge is 0.339 e. The van der Waals surface area contributed by atoms with Crippen LogP contribution < -0.4 is 0 Å². The zero-order valence-corrected chi connectivity index (χ0v) is 22.9. The maximum atomic E-state index is 12.2. The SMILES string of the molecule is CCCCCCCCCCCCCCCCC=COCC(O)COC(=O)c1ccc(C(=O)O)cc1C(=O)O. The molecular weight excluding hydrogens is 488 g/mol. The number of hydrogen-bond acceptors (Lipinski definition) is 6. The Morgan fingerprint density at radius 1 is 0.763 bits per heavy atom. The van der Waals surface area contributed by atoms with Crippen LogP contribution in [0.1, 0.15) is 134 Å². The minimum atomic E-state index is -1.45. The zero-order valence-electron chi connectivity index (χ0n) is 22.9. The number of esters is 1. The molecule has 8 nitrogen and oxygen atoms in total. The molecule has 1 aromatic carbocycles. The van der Waals surface area contributed by atoms with Gasteiger partial charge in [-0.2, -0.15) is 0 Å². The van der Waals surface area contributed by atoms with Crippen molar-refractivity contribution in [2.45, 2.75) is 109 Å². The van der Waals surface area contributed by atoms with Crippen molar-refractivity contribution >= 4 is 17.9 Å². The summed E-state index contributed by atoms with van der Waals surface area (Å²) in [5.41, 5.74) is -1.02. The summed E-state index contributed by atoms with van der Waals surface area (Å²) in [5, 5.41) is 28.2. The third-order valence-electron chi connectivity index (χ3n) is 6.33. The Kier molecular flexibility index (Phi) is 18.4. The predicted octanol–water partition coefficient (Wildman–Crippen LogP) is 7.00. The van der Waals surface area contributed by atoms with Gasteiger partial charge in [0.05, 0.1) is 23.0 Å². The highest BCUT2D eigenvalue weighted by Crippen LogP contribution is 2.15. The number of unbranched alkanes of at least 4 members (excludes halogenated alkanes) is 14. The Balaban J connectivity index is 2.06. The molecule has 38 heavy (non-hydrogen) atoms. The average Bonchev–Trinajstić information content (AvgIpc) is 2.90. The van der Waals surface area contributed by atoms with E-state index < -0.39 is 29.6 Å². The number of benzene rings is 1. The number of hydrogen-bond donors (Lipinski definition) is 3. The van der Waals surface area contributed by atoms with Gasteiger partial charge in [0.15, 0.2) is 0 Å². The summed E-state index contributed by atoms with van der Waals surface area (Å²) >= 11 is 0. The van der Waals surface area contributed by atoms with Crippen molar-refractivity contribution < 1.29 is 39.2 Å². The number of aliphatic hydroxyl groups is 1. The number of ether oxygens (including phenoxy) is 2. The molecule has 0 aliphatic rings. The number of carboxylic acids is 2. The standard InChI is InChI=1S/C30H46O8/c1-2-3-4-5-6-7-8-9-10-11-12-13-14-15-16-17-20-37-22-25(31)23-38-30(36)26-19-18-24(28(32)33)21-27(26)29(34)35/h17-21,25,31H,2-16,22-23H2,1H3,(H,32,33)(H,34,35). The Morgan fingerprint density at radius 2 is 1.32 bits per heavy atom. The molecule has 3 N–H and O–H groups in total. The molecule has 0 aromatic heterocycles. The lowest BCUT2D eigenvalue weighted by Gasteiger charge is -2.12. The molecule has 0 fully saturated rings. The summed E-state index contributed by atoms with van der Waals surface area (Å²) in [6.07, 6.45) is 21.7. The molecule has 0 spiro atoms. The van der Waals surface area contributed by atoms with Gasteiger partial charge in [0.1, 0.15) is 19.3 Å². The largest absolute Gasteiger partial charge is 0.499 e. The van der Waals surface area contributed by atoms with E-state index in [9.17, 15) is 24.6 Å². The second-order valence-electron chi connectivity index (χ2n) is 9.71. The molecule has 0 aliphatic carbocycles. The van der Waals surface area contributed by atoms with Gasteiger partial charge in [0.25, 0.3) is 0 Å². The van der Waals surface area contributed by atoms with E-state index in [1.165, 1.54) is 89.7 Å². The molecule has 0 heterocycles. The molecule has 0 amide bonds. The van der Waals surface area contributed by atoms with Crippen molar-refractivity contribution in [1.29, 1.82) is 0 Å². The van der Waals surface area contributed by atoms with Crippen LogP contribution in [0, 0.1) is 0 Å². The Bertz CT molecular complexity index is 849. The van der Waals surface area contributed by atoms with Crippen LogP contribution in [-0.4, -0.2) is 52.5 Å². The highest BCUT2D eigenvalue weighted by molar-refractivity contribution is 6.04. The third-order valence-corrected chi connectivity index (χ3v) is 6.33. The normalized spacial score (nSPS) is 11.9. The number of carbonyl (C=O) groups is 3. The first-order valence-electron chi connectivity index (χ1n) is 14.1. The van der Waals surface area contributed by atoms with Crippen molar-refractivity contribution in [3.05, 3.63) is 47.2 Å². The topological polar surface area (TPSA) is 130 Å². The Labute approximate surface area is 227 Å². The van der Waals surface area contributed by atoms with Crippen molar-refractivity contribution in [2.24, 2.45) is 0 Å². The summed E-state index contributed by atoms with van der Waals surface area (Å²) in [7, 11) is 0. The van der Waals surface area contributed by atoms with Gasteiger partial charge in [0.2, 0.25) is 0 Å². The van der Waals surface area contributed by atoms with Gasteiger partial charge in [-0.15, -0.1) is 0 Å². The fraction of sp³-hybridized carbons (Fsp3) is 0.633. The minimum absolute atomic E-state index is 0.0771. The first-order chi connectivity index (χ1) is 18.4. The summed E-state index contributed by atoms with van der Waals surface area (Å²) in [4.78, 5) is 34.6. The second-order valence-corrected chi connectivity index (χ2v) is 9.71. The molecule has 0 radical (unpaired) electrons. The number of rotatable bonds is 23. The maximum absolute atomic E-state index is 12.2. The first kappa shape index (κ1) is 33.2. The first-order valence-corrected chi connectivity index (χ1v) is 14.1. The fourth-order valence-electron chi connectivity index (χ4n) is 4.09. The number of aromatic carboxylic acids is 2. The van der Waals surface area contributed by atoms with Gasteiger partial charge < -0.3 is 24.8 Å². The summed E-state index contributed by atoms with van der Waals surface area (Å²) < 4.78 is 10.2. The lowest BCUT2D eigenvalue weighted by Crippen LogP contribution is -2.24. The second kappa shape index (κ2) is 21.1. The zero-order chi connectivity index (χ0) is 28.0. The minimum Gasteiger partial charge on any atom is -0.499 e. The van der Waals surface area contributed by atoms with Gasteiger partial charge in [0, 0.05) is 0 Å². The van der Waals surface area contributed by atoms with E-state index in [1.54, 1.807) is 0 Å². The Morgan fingerprint density at radius 3 is 1.84 bits per heavy atom. The average molecular weight is 535 g/mol. The van der Waals surface area contributed by atoms with Gasteiger partial charge in [-0.25, -0.2) is 14.4 Å². The van der Waals surface area contributed by atoms with Crippen molar-refractivity contribution in [1.82, 2.24) is 0 Å². The van der Waals surface area contributed by atoms with Gasteiger partial charge in [-0.3, -0.25) is 0 Å². The van der Waals surface area contributed by atoms with Crippen LogP contribution in [0.2, 0.25) is 0 Å². The van der Waals surface area contributed by atoms with Gasteiger partial charge in [-0.05, 0) is 37.1 Å². The summed E-state index contributed by atoms with van der Waals surface area (Å²) in [5.74, 6) is -3.73. The van der Waals surface area contributed by atoms with E-state index in [0.29, 0.717) is 0 Å². The lowest BCUT2D eigenvalue weighted by molar-refractivity contribution is 0.00628. The molecule has 8 heteroatoms. The van der Waals surface area contributed by atoms with E-state index in [2.05, 4.69) is 6.92 Å². The van der Waals surface area contributed by atoms with Crippen LogP contribution in [-0.2, 0) is 9.47 Å². The molecule has 0 bridgehead atoms. The van der Waals surface area contributed by atoms with E-state index in [-0.39, 0.29) is 24.3 Å². The van der Waals surface area contributed by atoms with Gasteiger partial charge in [-0.1, -0.05) is 90.4 Å². The highest BCUT2D eigenvalue weighted by atomic mass is 16.5. The molecule has 0 aliphatic heterocycles. The fourth-order valence-corrected chi connectivity index (χ4v) is 4.09. The molecule has 1 rings (SSSR count). The van der Waals surface area contributed by atoms with Crippen molar-refractivity contribution in [2.75, 3.05) is 13.2 Å². The molecule has 0 saturated carbocycles. The molecule has 1 unspecified atom stereocenters. The number of allylic oxidation sites excluding steroid dienone is 1.